The van der Waals surface area contributed by atoms with Crippen LogP contribution >= 0.6 is 0 Å². The average Bonchev–Trinajstić information content (AvgIpc) is 3.07. The Morgan fingerprint density at radius 1 is 1.00 bits per heavy atom. The van der Waals surface area contributed by atoms with Gasteiger partial charge < -0.3 is 23.7 Å². The zero-order chi connectivity index (χ0) is 16.9. The standard InChI is InChI=1S/C18H16O6/c1-20-14-6-3-12(9-16(14)21-2)4-8-18(19)24-13-5-7-15-17(10-13)23-11-22-15/h3-10H,11H2,1-2H3/b8-4+. The van der Waals surface area contributed by atoms with Crippen molar-refractivity contribution in [3.05, 3.63) is 48.0 Å². The van der Waals surface area contributed by atoms with E-state index in [1.54, 1.807) is 50.6 Å². The fourth-order valence-corrected chi connectivity index (χ4v) is 2.21. The highest BCUT2D eigenvalue weighted by Gasteiger charge is 2.14. The van der Waals surface area contributed by atoms with E-state index in [9.17, 15) is 4.79 Å². The Morgan fingerprint density at radius 2 is 1.79 bits per heavy atom. The molecule has 0 saturated heterocycles. The highest BCUT2D eigenvalue weighted by Crippen LogP contribution is 2.35. The first-order chi connectivity index (χ1) is 11.7. The molecule has 3 rings (SSSR count). The van der Waals surface area contributed by atoms with Crippen molar-refractivity contribution in [1.29, 1.82) is 0 Å². The largest absolute Gasteiger partial charge is 0.493 e. The topological polar surface area (TPSA) is 63.2 Å². The molecule has 124 valence electrons. The zero-order valence-corrected chi connectivity index (χ0v) is 13.3. The molecule has 2 aromatic carbocycles. The van der Waals surface area contributed by atoms with E-state index in [-0.39, 0.29) is 6.79 Å². The lowest BCUT2D eigenvalue weighted by Crippen LogP contribution is -2.03. The molecule has 0 aromatic heterocycles. The number of benzene rings is 2. The van der Waals surface area contributed by atoms with Crippen LogP contribution in [-0.4, -0.2) is 27.0 Å². The predicted molar refractivity (Wildman–Crippen MR) is 86.8 cm³/mol. The van der Waals surface area contributed by atoms with Crippen LogP contribution in [0.25, 0.3) is 6.08 Å². The van der Waals surface area contributed by atoms with Gasteiger partial charge in [-0.15, -0.1) is 0 Å². The molecule has 0 unspecified atom stereocenters. The summed E-state index contributed by atoms with van der Waals surface area (Å²) in [7, 11) is 3.12. The summed E-state index contributed by atoms with van der Waals surface area (Å²) in [6, 6.07) is 10.3. The molecule has 1 heterocycles. The van der Waals surface area contributed by atoms with Gasteiger partial charge in [0.1, 0.15) is 5.75 Å². The van der Waals surface area contributed by atoms with Gasteiger partial charge in [0.15, 0.2) is 23.0 Å². The van der Waals surface area contributed by atoms with E-state index in [0.29, 0.717) is 28.7 Å². The number of ether oxygens (including phenoxy) is 5. The van der Waals surface area contributed by atoms with Crippen molar-refractivity contribution in [3.8, 4) is 28.7 Å². The van der Waals surface area contributed by atoms with Gasteiger partial charge in [0.05, 0.1) is 14.2 Å². The molecule has 1 aliphatic rings. The lowest BCUT2D eigenvalue weighted by atomic mass is 10.2. The third kappa shape index (κ3) is 3.43. The summed E-state index contributed by atoms with van der Waals surface area (Å²) in [5, 5.41) is 0. The second kappa shape index (κ2) is 6.95. The first-order valence-corrected chi connectivity index (χ1v) is 7.21. The Balaban J connectivity index is 1.67. The normalized spacial score (nSPS) is 12.2. The third-order valence-electron chi connectivity index (χ3n) is 3.38. The molecule has 6 heteroatoms. The van der Waals surface area contributed by atoms with Crippen LogP contribution in [0, 0.1) is 0 Å². The van der Waals surface area contributed by atoms with Gasteiger partial charge >= 0.3 is 5.97 Å². The van der Waals surface area contributed by atoms with Gasteiger partial charge in [-0.1, -0.05) is 6.07 Å². The number of carbonyl (C=O) groups is 1. The lowest BCUT2D eigenvalue weighted by molar-refractivity contribution is -0.128. The Kier molecular flexibility index (Phi) is 4.56. The van der Waals surface area contributed by atoms with Gasteiger partial charge in [0, 0.05) is 12.1 Å². The molecule has 0 aliphatic carbocycles. The molecule has 0 saturated carbocycles. The first-order valence-electron chi connectivity index (χ1n) is 7.21. The Morgan fingerprint density at radius 3 is 2.58 bits per heavy atom. The summed E-state index contributed by atoms with van der Waals surface area (Å²) in [6.07, 6.45) is 2.98. The number of rotatable bonds is 5. The van der Waals surface area contributed by atoms with Crippen molar-refractivity contribution in [2.24, 2.45) is 0 Å². The van der Waals surface area contributed by atoms with E-state index in [1.165, 1.54) is 6.08 Å². The second-order valence-corrected chi connectivity index (χ2v) is 4.88. The fraction of sp³-hybridized carbons (Fsp3) is 0.167. The minimum absolute atomic E-state index is 0.173. The number of hydrogen-bond acceptors (Lipinski definition) is 6. The van der Waals surface area contributed by atoms with Crippen molar-refractivity contribution in [2.75, 3.05) is 21.0 Å². The minimum Gasteiger partial charge on any atom is -0.493 e. The van der Waals surface area contributed by atoms with E-state index < -0.39 is 5.97 Å². The summed E-state index contributed by atoms with van der Waals surface area (Å²) in [6.45, 7) is 0.173. The van der Waals surface area contributed by atoms with Gasteiger partial charge in [-0.2, -0.15) is 0 Å². The highest BCUT2D eigenvalue weighted by molar-refractivity contribution is 5.88. The molecular weight excluding hydrogens is 312 g/mol. The molecule has 0 radical (unpaired) electrons. The van der Waals surface area contributed by atoms with Crippen molar-refractivity contribution < 1.29 is 28.5 Å². The number of carbonyl (C=O) groups excluding carboxylic acids is 1. The van der Waals surface area contributed by atoms with Crippen LogP contribution < -0.4 is 23.7 Å². The first kappa shape index (κ1) is 15.7. The van der Waals surface area contributed by atoms with Crippen LogP contribution in [0.3, 0.4) is 0 Å². The zero-order valence-electron chi connectivity index (χ0n) is 13.3. The van der Waals surface area contributed by atoms with E-state index >= 15 is 0 Å². The van der Waals surface area contributed by atoms with Crippen LogP contribution in [-0.2, 0) is 4.79 Å². The molecule has 2 aromatic rings. The second-order valence-electron chi connectivity index (χ2n) is 4.88. The molecule has 1 aliphatic heterocycles. The van der Waals surface area contributed by atoms with Crippen molar-refractivity contribution in [2.45, 2.75) is 0 Å². The van der Waals surface area contributed by atoms with Gasteiger partial charge in [-0.05, 0) is 35.9 Å². The smallest absolute Gasteiger partial charge is 0.336 e. The lowest BCUT2D eigenvalue weighted by Gasteiger charge is -2.07. The quantitative estimate of drug-likeness (QED) is 0.477. The van der Waals surface area contributed by atoms with Crippen LogP contribution in [0.5, 0.6) is 28.7 Å². The van der Waals surface area contributed by atoms with E-state index in [1.807, 2.05) is 6.07 Å². The summed E-state index contributed by atoms with van der Waals surface area (Å²) >= 11 is 0. The van der Waals surface area contributed by atoms with Crippen LogP contribution in [0.2, 0.25) is 0 Å². The number of esters is 1. The van der Waals surface area contributed by atoms with Crippen molar-refractivity contribution >= 4 is 12.0 Å². The van der Waals surface area contributed by atoms with E-state index in [4.69, 9.17) is 23.7 Å². The maximum absolute atomic E-state index is 11.9. The average molecular weight is 328 g/mol. The molecule has 0 atom stereocenters. The molecule has 0 amide bonds. The third-order valence-corrected chi connectivity index (χ3v) is 3.38. The number of fused-ring (bicyclic) bond motifs is 1. The van der Waals surface area contributed by atoms with Crippen LogP contribution in [0.4, 0.5) is 0 Å². The van der Waals surface area contributed by atoms with Gasteiger partial charge in [-0.3, -0.25) is 0 Å². The Bertz CT molecular complexity index is 781. The molecule has 6 nitrogen and oxygen atoms in total. The number of methoxy groups -OCH3 is 2. The van der Waals surface area contributed by atoms with Gasteiger partial charge in [0.2, 0.25) is 6.79 Å². The summed E-state index contributed by atoms with van der Waals surface area (Å²) in [5.74, 6) is 2.30. The predicted octanol–water partition coefficient (Wildman–Crippen LogP) is 3.05. The summed E-state index contributed by atoms with van der Waals surface area (Å²) in [5.41, 5.74) is 0.787. The van der Waals surface area contributed by atoms with Gasteiger partial charge in [0.25, 0.3) is 0 Å². The maximum atomic E-state index is 11.9. The Labute approximate surface area is 139 Å². The maximum Gasteiger partial charge on any atom is 0.336 e. The Hall–Kier alpha value is -3.15. The van der Waals surface area contributed by atoms with E-state index in [2.05, 4.69) is 0 Å². The van der Waals surface area contributed by atoms with Gasteiger partial charge in [-0.25, -0.2) is 4.79 Å². The minimum atomic E-state index is -0.497. The van der Waals surface area contributed by atoms with Crippen molar-refractivity contribution in [3.63, 3.8) is 0 Å². The fourth-order valence-electron chi connectivity index (χ4n) is 2.21. The molecule has 0 spiro atoms. The van der Waals surface area contributed by atoms with E-state index in [0.717, 1.165) is 5.56 Å². The molecule has 0 N–H and O–H groups in total. The van der Waals surface area contributed by atoms with Crippen LogP contribution in [0.15, 0.2) is 42.5 Å². The molecule has 24 heavy (non-hydrogen) atoms. The van der Waals surface area contributed by atoms with Crippen molar-refractivity contribution in [1.82, 2.24) is 0 Å². The summed E-state index contributed by atoms with van der Waals surface area (Å²) < 4.78 is 26.1. The number of hydrogen-bond donors (Lipinski definition) is 0. The molecule has 0 bridgehead atoms. The SMILES string of the molecule is COc1ccc(/C=C/C(=O)Oc2ccc3c(c2)OCO3)cc1OC. The monoisotopic (exact) mass is 328 g/mol. The van der Waals surface area contributed by atoms with Crippen LogP contribution in [0.1, 0.15) is 5.56 Å². The molecular formula is C18H16O6. The highest BCUT2D eigenvalue weighted by atomic mass is 16.7. The molecule has 0 fully saturated rings. The summed E-state index contributed by atoms with van der Waals surface area (Å²) in [4.78, 5) is 11.9.